The number of aliphatic imine (C=N–C) groups is 1. The van der Waals surface area contributed by atoms with Gasteiger partial charge < -0.3 is 15.4 Å². The van der Waals surface area contributed by atoms with E-state index in [0.29, 0.717) is 12.0 Å². The minimum absolute atomic E-state index is 0.178. The van der Waals surface area contributed by atoms with Gasteiger partial charge in [0.05, 0.1) is 6.10 Å². The Morgan fingerprint density at radius 1 is 1.14 bits per heavy atom. The highest BCUT2D eigenvalue weighted by atomic mass is 16.5. The van der Waals surface area contributed by atoms with E-state index in [1.54, 1.807) is 0 Å². The largest absolute Gasteiger partial charge is 0.373 e. The van der Waals surface area contributed by atoms with Crippen LogP contribution in [0.5, 0.6) is 0 Å². The molecule has 0 aromatic heterocycles. The van der Waals surface area contributed by atoms with Crippen LogP contribution in [0.1, 0.15) is 57.1 Å². The van der Waals surface area contributed by atoms with Crippen molar-refractivity contribution in [2.24, 2.45) is 10.9 Å². The number of benzene rings is 1. The van der Waals surface area contributed by atoms with E-state index in [1.807, 2.05) is 0 Å². The molecule has 1 aromatic rings. The van der Waals surface area contributed by atoms with Crippen molar-refractivity contribution in [1.82, 2.24) is 15.5 Å². The summed E-state index contributed by atoms with van der Waals surface area (Å²) in [6.45, 7) is 7.08. The van der Waals surface area contributed by atoms with Gasteiger partial charge in [0.25, 0.3) is 0 Å². The van der Waals surface area contributed by atoms with Crippen LogP contribution in [-0.4, -0.2) is 55.7 Å². The van der Waals surface area contributed by atoms with Crippen LogP contribution in [0.25, 0.3) is 0 Å². The summed E-state index contributed by atoms with van der Waals surface area (Å²) >= 11 is 0. The fourth-order valence-corrected chi connectivity index (χ4v) is 5.06. The Labute approximate surface area is 169 Å². The zero-order valence-corrected chi connectivity index (χ0v) is 17.3. The van der Waals surface area contributed by atoms with Crippen LogP contribution in [0.3, 0.4) is 0 Å². The molecule has 3 fully saturated rings. The average molecular weight is 385 g/mol. The van der Waals surface area contributed by atoms with Crippen molar-refractivity contribution in [2.75, 3.05) is 32.8 Å². The molecule has 154 valence electrons. The van der Waals surface area contributed by atoms with Gasteiger partial charge in [0.15, 0.2) is 5.96 Å². The highest BCUT2D eigenvalue weighted by Gasteiger charge is 2.31. The molecule has 2 aliphatic heterocycles. The number of hydrogen-bond acceptors (Lipinski definition) is 3. The van der Waals surface area contributed by atoms with Crippen LogP contribution in [0.4, 0.5) is 0 Å². The number of likely N-dealkylation sites (tertiary alicyclic amines) is 1. The predicted octanol–water partition coefficient (Wildman–Crippen LogP) is 3.34. The lowest BCUT2D eigenvalue weighted by atomic mass is 9.95. The van der Waals surface area contributed by atoms with E-state index < -0.39 is 0 Å². The highest BCUT2D eigenvalue weighted by molar-refractivity contribution is 5.80. The molecule has 4 rings (SSSR count). The standard InChI is InChI=1S/C23H36N4O/c1-2-24-23(26-20-12-14-27(17-20)21-10-6-7-11-21)25-16-19-13-15-28-22(19)18-8-4-3-5-9-18/h3-5,8-9,19-22H,2,6-7,10-17H2,1H3,(H2,24,25,26). The van der Waals surface area contributed by atoms with Crippen LogP contribution < -0.4 is 10.6 Å². The highest BCUT2D eigenvalue weighted by Crippen LogP contribution is 2.34. The van der Waals surface area contributed by atoms with E-state index in [9.17, 15) is 0 Å². The SMILES string of the molecule is CCNC(=NCC1CCOC1c1ccccc1)NC1CCN(C2CCCC2)C1. The maximum atomic E-state index is 6.03. The second-order valence-corrected chi connectivity index (χ2v) is 8.53. The minimum Gasteiger partial charge on any atom is -0.373 e. The molecular weight excluding hydrogens is 348 g/mol. The minimum atomic E-state index is 0.178. The third-order valence-corrected chi connectivity index (χ3v) is 6.57. The van der Waals surface area contributed by atoms with E-state index >= 15 is 0 Å². The maximum absolute atomic E-state index is 6.03. The quantitative estimate of drug-likeness (QED) is 0.583. The van der Waals surface area contributed by atoms with Gasteiger partial charge >= 0.3 is 0 Å². The normalized spacial score (nSPS) is 29.5. The van der Waals surface area contributed by atoms with Crippen molar-refractivity contribution in [3.8, 4) is 0 Å². The van der Waals surface area contributed by atoms with Gasteiger partial charge in [-0.3, -0.25) is 9.89 Å². The van der Waals surface area contributed by atoms with Gasteiger partial charge in [-0.05, 0) is 38.2 Å². The van der Waals surface area contributed by atoms with E-state index in [1.165, 1.54) is 44.2 Å². The molecule has 1 aromatic carbocycles. The van der Waals surface area contributed by atoms with Gasteiger partial charge in [-0.15, -0.1) is 0 Å². The van der Waals surface area contributed by atoms with Gasteiger partial charge in [0.1, 0.15) is 0 Å². The molecule has 3 unspecified atom stereocenters. The van der Waals surface area contributed by atoms with E-state index in [0.717, 1.165) is 44.7 Å². The lowest BCUT2D eigenvalue weighted by Crippen LogP contribution is -2.45. The molecule has 2 N–H and O–H groups in total. The lowest BCUT2D eigenvalue weighted by molar-refractivity contribution is 0.0925. The van der Waals surface area contributed by atoms with Crippen molar-refractivity contribution < 1.29 is 4.74 Å². The predicted molar refractivity (Wildman–Crippen MR) is 115 cm³/mol. The number of guanidine groups is 1. The van der Waals surface area contributed by atoms with Crippen molar-refractivity contribution in [1.29, 1.82) is 0 Å². The molecule has 2 heterocycles. The van der Waals surface area contributed by atoms with E-state index in [4.69, 9.17) is 9.73 Å². The zero-order chi connectivity index (χ0) is 19.2. The number of rotatable bonds is 6. The second kappa shape index (κ2) is 9.75. The monoisotopic (exact) mass is 384 g/mol. The molecule has 0 spiro atoms. The average Bonchev–Trinajstić information content (AvgIpc) is 3.47. The van der Waals surface area contributed by atoms with E-state index in [-0.39, 0.29) is 6.10 Å². The Morgan fingerprint density at radius 3 is 2.75 bits per heavy atom. The number of nitrogens with one attached hydrogen (secondary N) is 2. The van der Waals surface area contributed by atoms with Crippen molar-refractivity contribution in [3.63, 3.8) is 0 Å². The van der Waals surface area contributed by atoms with E-state index in [2.05, 4.69) is 52.8 Å². The third-order valence-electron chi connectivity index (χ3n) is 6.57. The summed E-state index contributed by atoms with van der Waals surface area (Å²) in [5, 5.41) is 7.16. The molecule has 3 atom stereocenters. The first-order valence-corrected chi connectivity index (χ1v) is 11.3. The molecule has 5 nitrogen and oxygen atoms in total. The Hall–Kier alpha value is -1.59. The summed E-state index contributed by atoms with van der Waals surface area (Å²) in [4.78, 5) is 7.65. The fraction of sp³-hybridized carbons (Fsp3) is 0.696. The van der Waals surface area contributed by atoms with Crippen molar-refractivity contribution in [3.05, 3.63) is 35.9 Å². The molecule has 1 aliphatic carbocycles. The third kappa shape index (κ3) is 4.87. The van der Waals surface area contributed by atoms with Crippen LogP contribution in [0.15, 0.2) is 35.3 Å². The molecule has 0 radical (unpaired) electrons. The van der Waals surface area contributed by atoms with Gasteiger partial charge in [0, 0.05) is 50.8 Å². The molecule has 3 aliphatic rings. The van der Waals surface area contributed by atoms with Gasteiger partial charge in [-0.25, -0.2) is 0 Å². The Morgan fingerprint density at radius 2 is 1.96 bits per heavy atom. The molecular formula is C23H36N4O. The second-order valence-electron chi connectivity index (χ2n) is 8.53. The molecule has 5 heteroatoms. The first-order valence-electron chi connectivity index (χ1n) is 11.3. The molecule has 2 saturated heterocycles. The van der Waals surface area contributed by atoms with Crippen LogP contribution in [0, 0.1) is 5.92 Å². The molecule has 0 bridgehead atoms. The molecule has 0 amide bonds. The fourth-order valence-electron chi connectivity index (χ4n) is 5.06. The Kier molecular flexibility index (Phi) is 6.86. The van der Waals surface area contributed by atoms with Crippen molar-refractivity contribution in [2.45, 2.75) is 63.6 Å². The zero-order valence-electron chi connectivity index (χ0n) is 17.3. The summed E-state index contributed by atoms with van der Waals surface area (Å²) in [5.41, 5.74) is 1.28. The summed E-state index contributed by atoms with van der Waals surface area (Å²) in [6.07, 6.45) is 8.09. The van der Waals surface area contributed by atoms with Crippen LogP contribution in [-0.2, 0) is 4.74 Å². The molecule has 28 heavy (non-hydrogen) atoms. The molecule has 1 saturated carbocycles. The van der Waals surface area contributed by atoms with Crippen LogP contribution in [0.2, 0.25) is 0 Å². The van der Waals surface area contributed by atoms with Gasteiger partial charge in [0.2, 0.25) is 0 Å². The number of hydrogen-bond donors (Lipinski definition) is 2. The smallest absolute Gasteiger partial charge is 0.191 e. The van der Waals surface area contributed by atoms with Crippen molar-refractivity contribution >= 4 is 5.96 Å². The first-order chi connectivity index (χ1) is 13.8. The lowest BCUT2D eigenvalue weighted by Gasteiger charge is -2.24. The Bertz CT molecular complexity index is 629. The number of ether oxygens (including phenoxy) is 1. The Balaban J connectivity index is 1.33. The first kappa shape index (κ1) is 19.7. The number of nitrogens with zero attached hydrogens (tertiary/aromatic N) is 2. The summed E-state index contributed by atoms with van der Waals surface area (Å²) in [6, 6.07) is 11.9. The van der Waals surface area contributed by atoms with Gasteiger partial charge in [-0.1, -0.05) is 43.2 Å². The summed E-state index contributed by atoms with van der Waals surface area (Å²) < 4.78 is 6.03. The maximum Gasteiger partial charge on any atom is 0.191 e. The van der Waals surface area contributed by atoms with Crippen LogP contribution >= 0.6 is 0 Å². The summed E-state index contributed by atoms with van der Waals surface area (Å²) in [5.74, 6) is 1.43. The topological polar surface area (TPSA) is 48.9 Å². The summed E-state index contributed by atoms with van der Waals surface area (Å²) in [7, 11) is 0. The van der Waals surface area contributed by atoms with Gasteiger partial charge in [-0.2, -0.15) is 0 Å².